The van der Waals surface area contributed by atoms with Gasteiger partial charge >= 0.3 is 0 Å². The highest BCUT2D eigenvalue weighted by Crippen LogP contribution is 2.28. The van der Waals surface area contributed by atoms with Crippen molar-refractivity contribution < 1.29 is 9.53 Å². The molecule has 25 heavy (non-hydrogen) atoms. The van der Waals surface area contributed by atoms with Crippen LogP contribution in [0.25, 0.3) is 0 Å². The van der Waals surface area contributed by atoms with E-state index in [0.29, 0.717) is 16.9 Å². The van der Waals surface area contributed by atoms with E-state index in [0.717, 1.165) is 25.1 Å². The molecule has 134 valence electrons. The molecule has 0 aliphatic heterocycles. The van der Waals surface area contributed by atoms with Crippen LogP contribution in [0.5, 0.6) is 11.5 Å². The molecule has 0 spiro atoms. The quantitative estimate of drug-likeness (QED) is 0.751. The number of carbonyl (C=O) groups is 1. The molecule has 1 aromatic carbocycles. The van der Waals surface area contributed by atoms with E-state index in [1.54, 1.807) is 12.3 Å². The van der Waals surface area contributed by atoms with Crippen LogP contribution in [0, 0.1) is 12.3 Å². The van der Waals surface area contributed by atoms with Gasteiger partial charge in [0.15, 0.2) is 0 Å². The van der Waals surface area contributed by atoms with Crippen LogP contribution in [-0.4, -0.2) is 17.4 Å². The van der Waals surface area contributed by atoms with Crippen molar-refractivity contribution in [2.75, 3.05) is 6.54 Å². The molecular formula is C20H27N3O2. The number of ether oxygens (including phenoxy) is 1. The molecule has 1 heterocycles. The van der Waals surface area contributed by atoms with Crippen molar-refractivity contribution in [1.82, 2.24) is 10.3 Å². The fourth-order valence-corrected chi connectivity index (χ4v) is 2.41. The van der Waals surface area contributed by atoms with Gasteiger partial charge in [-0.3, -0.25) is 9.78 Å². The standard InChI is InChI=1S/C20H27N3O2/c1-14-11-15(12-23-10-8-20(2,3)4)5-6-17(14)25-18-7-9-22-13-16(18)19(21)24/h5-7,9,11,13,23H,8,10,12H2,1-4H3,(H2,21,24). The molecule has 2 rings (SSSR count). The molecule has 0 fully saturated rings. The van der Waals surface area contributed by atoms with E-state index in [1.165, 1.54) is 11.8 Å². The Bertz CT molecular complexity index is 736. The summed E-state index contributed by atoms with van der Waals surface area (Å²) in [6, 6.07) is 7.67. The molecule has 1 amide bonds. The minimum Gasteiger partial charge on any atom is -0.456 e. The molecule has 0 aliphatic carbocycles. The van der Waals surface area contributed by atoms with E-state index in [2.05, 4.69) is 37.1 Å². The zero-order valence-electron chi connectivity index (χ0n) is 15.4. The van der Waals surface area contributed by atoms with Gasteiger partial charge in [0.25, 0.3) is 5.91 Å². The van der Waals surface area contributed by atoms with Crippen molar-refractivity contribution in [3.63, 3.8) is 0 Å². The topological polar surface area (TPSA) is 77.2 Å². The first kappa shape index (κ1) is 18.9. The molecule has 1 aromatic heterocycles. The van der Waals surface area contributed by atoms with E-state index in [-0.39, 0.29) is 5.56 Å². The maximum atomic E-state index is 11.5. The van der Waals surface area contributed by atoms with Crippen LogP contribution in [0.15, 0.2) is 36.7 Å². The molecule has 0 saturated carbocycles. The Morgan fingerprint density at radius 1 is 1.24 bits per heavy atom. The average Bonchev–Trinajstić information content (AvgIpc) is 2.53. The van der Waals surface area contributed by atoms with Gasteiger partial charge in [0.1, 0.15) is 17.1 Å². The van der Waals surface area contributed by atoms with Gasteiger partial charge in [-0.1, -0.05) is 32.9 Å². The highest BCUT2D eigenvalue weighted by molar-refractivity contribution is 5.95. The van der Waals surface area contributed by atoms with Crippen LogP contribution < -0.4 is 15.8 Å². The molecule has 5 heteroatoms. The lowest BCUT2D eigenvalue weighted by molar-refractivity contribution is 0.0997. The number of nitrogens with two attached hydrogens (primary N) is 1. The summed E-state index contributed by atoms with van der Waals surface area (Å²) >= 11 is 0. The molecular weight excluding hydrogens is 314 g/mol. The predicted molar refractivity (Wildman–Crippen MR) is 99.8 cm³/mol. The Balaban J connectivity index is 2.02. The van der Waals surface area contributed by atoms with Gasteiger partial charge in [-0.05, 0) is 48.6 Å². The second-order valence-electron chi connectivity index (χ2n) is 7.43. The third kappa shape index (κ3) is 5.87. The first-order valence-electron chi connectivity index (χ1n) is 8.48. The maximum absolute atomic E-state index is 11.5. The number of benzene rings is 1. The number of hydrogen-bond donors (Lipinski definition) is 2. The zero-order chi connectivity index (χ0) is 18.4. The third-order valence-electron chi connectivity index (χ3n) is 3.89. The lowest BCUT2D eigenvalue weighted by Gasteiger charge is -2.18. The number of rotatable bonds is 7. The van der Waals surface area contributed by atoms with Crippen molar-refractivity contribution in [1.29, 1.82) is 0 Å². The number of pyridine rings is 1. The predicted octanol–water partition coefficient (Wildman–Crippen LogP) is 3.81. The first-order chi connectivity index (χ1) is 11.8. The number of aromatic nitrogens is 1. The summed E-state index contributed by atoms with van der Waals surface area (Å²) in [5, 5.41) is 3.47. The molecule has 0 atom stereocenters. The maximum Gasteiger partial charge on any atom is 0.254 e. The van der Waals surface area contributed by atoms with Crippen molar-refractivity contribution in [2.45, 2.75) is 40.7 Å². The lowest BCUT2D eigenvalue weighted by Crippen LogP contribution is -2.20. The number of amides is 1. The second-order valence-corrected chi connectivity index (χ2v) is 7.43. The molecule has 0 unspecified atom stereocenters. The monoisotopic (exact) mass is 341 g/mol. The fourth-order valence-electron chi connectivity index (χ4n) is 2.41. The van der Waals surface area contributed by atoms with Crippen LogP contribution in [0.2, 0.25) is 0 Å². The number of nitrogens with zero attached hydrogens (tertiary/aromatic N) is 1. The number of primary amides is 1. The molecule has 3 N–H and O–H groups in total. The zero-order valence-corrected chi connectivity index (χ0v) is 15.4. The van der Waals surface area contributed by atoms with Crippen LogP contribution in [-0.2, 0) is 6.54 Å². The fraction of sp³-hybridized carbons (Fsp3) is 0.400. The number of nitrogens with one attached hydrogen (secondary N) is 1. The molecule has 2 aromatic rings. The summed E-state index contributed by atoms with van der Waals surface area (Å²) in [6.07, 6.45) is 4.12. The van der Waals surface area contributed by atoms with Gasteiger partial charge in [0, 0.05) is 18.9 Å². The summed E-state index contributed by atoms with van der Waals surface area (Å²) in [5.74, 6) is 0.564. The summed E-state index contributed by atoms with van der Waals surface area (Å²) in [7, 11) is 0. The van der Waals surface area contributed by atoms with Crippen LogP contribution >= 0.6 is 0 Å². The largest absolute Gasteiger partial charge is 0.456 e. The summed E-state index contributed by atoms with van der Waals surface area (Å²) in [5.41, 5.74) is 8.17. The van der Waals surface area contributed by atoms with Gasteiger partial charge in [-0.15, -0.1) is 0 Å². The number of aryl methyl sites for hydroxylation is 1. The van der Waals surface area contributed by atoms with Crippen LogP contribution in [0.3, 0.4) is 0 Å². The molecule has 0 radical (unpaired) electrons. The highest BCUT2D eigenvalue weighted by atomic mass is 16.5. The summed E-state index contributed by atoms with van der Waals surface area (Å²) in [6.45, 7) is 10.5. The van der Waals surface area contributed by atoms with Crippen molar-refractivity contribution in [3.8, 4) is 11.5 Å². The van der Waals surface area contributed by atoms with Crippen LogP contribution in [0.1, 0.15) is 48.7 Å². The number of hydrogen-bond acceptors (Lipinski definition) is 4. The van der Waals surface area contributed by atoms with E-state index in [4.69, 9.17) is 10.5 Å². The summed E-state index contributed by atoms with van der Waals surface area (Å²) in [4.78, 5) is 15.4. The van der Waals surface area contributed by atoms with Gasteiger partial charge in [-0.25, -0.2) is 0 Å². The van der Waals surface area contributed by atoms with Crippen molar-refractivity contribution in [2.24, 2.45) is 11.1 Å². The Labute approximate surface area is 149 Å². The molecule has 0 aliphatic rings. The van der Waals surface area contributed by atoms with Crippen LogP contribution in [0.4, 0.5) is 0 Å². The summed E-state index contributed by atoms with van der Waals surface area (Å²) < 4.78 is 5.87. The Morgan fingerprint density at radius 2 is 2.00 bits per heavy atom. The van der Waals surface area contributed by atoms with E-state index in [9.17, 15) is 4.79 Å². The van der Waals surface area contributed by atoms with Crippen molar-refractivity contribution in [3.05, 3.63) is 53.3 Å². The Kier molecular flexibility index (Phi) is 6.15. The highest BCUT2D eigenvalue weighted by Gasteiger charge is 2.12. The average molecular weight is 341 g/mol. The van der Waals surface area contributed by atoms with Gasteiger partial charge in [-0.2, -0.15) is 0 Å². The first-order valence-corrected chi connectivity index (χ1v) is 8.48. The minimum atomic E-state index is -0.555. The van der Waals surface area contributed by atoms with E-state index < -0.39 is 5.91 Å². The van der Waals surface area contributed by atoms with E-state index in [1.807, 2.05) is 19.1 Å². The number of carbonyl (C=O) groups excluding carboxylic acids is 1. The Hall–Kier alpha value is -2.40. The van der Waals surface area contributed by atoms with E-state index >= 15 is 0 Å². The molecule has 0 bridgehead atoms. The van der Waals surface area contributed by atoms with Gasteiger partial charge in [0.2, 0.25) is 0 Å². The minimum absolute atomic E-state index is 0.273. The lowest BCUT2D eigenvalue weighted by atomic mass is 9.92. The second kappa shape index (κ2) is 8.12. The molecule has 0 saturated heterocycles. The van der Waals surface area contributed by atoms with Gasteiger partial charge < -0.3 is 15.8 Å². The smallest absolute Gasteiger partial charge is 0.254 e. The van der Waals surface area contributed by atoms with Crippen molar-refractivity contribution >= 4 is 5.91 Å². The third-order valence-corrected chi connectivity index (χ3v) is 3.89. The normalized spacial score (nSPS) is 11.4. The Morgan fingerprint density at radius 3 is 2.64 bits per heavy atom. The van der Waals surface area contributed by atoms with Gasteiger partial charge in [0.05, 0.1) is 0 Å². The SMILES string of the molecule is Cc1cc(CNCCC(C)(C)C)ccc1Oc1ccncc1C(N)=O. The molecule has 5 nitrogen and oxygen atoms in total.